The van der Waals surface area contributed by atoms with Crippen molar-refractivity contribution in [3.05, 3.63) is 0 Å². The minimum atomic E-state index is -0.382. The van der Waals surface area contributed by atoms with Gasteiger partial charge in [-0.05, 0) is 6.42 Å². The lowest BCUT2D eigenvalue weighted by Gasteiger charge is -2.08. The number of rotatable bonds is 8. The monoisotopic (exact) mass is 254 g/mol. The topological polar surface area (TPSA) is 115 Å². The number of ether oxygens (including phenoxy) is 1. The predicted octanol–water partition coefficient (Wildman–Crippen LogP) is -0.0106. The lowest BCUT2D eigenvalue weighted by molar-refractivity contribution is -0.117. The van der Waals surface area contributed by atoms with Gasteiger partial charge in [0.2, 0.25) is 17.8 Å². The summed E-state index contributed by atoms with van der Waals surface area (Å²) in [6, 6.07) is 0.248. The highest BCUT2D eigenvalue weighted by Gasteiger charge is 2.06. The van der Waals surface area contributed by atoms with E-state index in [0.29, 0.717) is 25.0 Å². The molecule has 0 aromatic carbocycles. The number of carbonyl (C=O) groups is 1. The molecule has 1 aromatic rings. The molecule has 8 heteroatoms. The van der Waals surface area contributed by atoms with Crippen molar-refractivity contribution in [1.82, 2.24) is 15.0 Å². The van der Waals surface area contributed by atoms with Crippen LogP contribution < -0.4 is 21.1 Å². The summed E-state index contributed by atoms with van der Waals surface area (Å²) in [6.45, 7) is 2.90. The molecule has 0 fully saturated rings. The van der Waals surface area contributed by atoms with Gasteiger partial charge in [-0.15, -0.1) is 0 Å². The molecule has 1 heterocycles. The number of hydrogen-bond acceptors (Lipinski definition) is 7. The van der Waals surface area contributed by atoms with Gasteiger partial charge >= 0.3 is 6.01 Å². The van der Waals surface area contributed by atoms with E-state index in [1.807, 2.05) is 6.92 Å². The number of primary amides is 1. The molecule has 100 valence electrons. The molecule has 0 atom stereocenters. The fourth-order valence-electron chi connectivity index (χ4n) is 1.10. The van der Waals surface area contributed by atoms with Crippen LogP contribution in [-0.2, 0) is 4.79 Å². The molecule has 0 unspecified atom stereocenters. The number of amides is 1. The standard InChI is InChI=1S/C10H18N6O2/c1-3-6-18-10-15-8(12-2)14-9(16-10)13-5-4-7(11)17/h3-6H2,1-2H3,(H2,11,17)(H2,12,13,14,15,16). The van der Waals surface area contributed by atoms with Gasteiger partial charge in [-0.1, -0.05) is 6.92 Å². The Bertz CT molecular complexity index is 398. The maximum atomic E-state index is 10.6. The molecular formula is C10H18N6O2. The predicted molar refractivity (Wildman–Crippen MR) is 67.5 cm³/mol. The van der Waals surface area contributed by atoms with Crippen LogP contribution in [0.2, 0.25) is 0 Å². The van der Waals surface area contributed by atoms with Crippen LogP contribution in [-0.4, -0.2) is 41.1 Å². The van der Waals surface area contributed by atoms with Crippen molar-refractivity contribution in [3.63, 3.8) is 0 Å². The number of anilines is 2. The number of nitrogens with zero attached hydrogens (tertiary/aromatic N) is 3. The summed E-state index contributed by atoms with van der Waals surface area (Å²) in [5.74, 6) is 0.368. The van der Waals surface area contributed by atoms with Crippen molar-refractivity contribution in [3.8, 4) is 6.01 Å². The summed E-state index contributed by atoms with van der Waals surface area (Å²) in [5, 5.41) is 5.69. The molecule has 4 N–H and O–H groups in total. The number of hydrogen-bond donors (Lipinski definition) is 3. The van der Waals surface area contributed by atoms with Crippen LogP contribution in [0.3, 0.4) is 0 Å². The number of aromatic nitrogens is 3. The van der Waals surface area contributed by atoms with Gasteiger partial charge in [0.15, 0.2) is 0 Å². The third-order valence-electron chi connectivity index (χ3n) is 1.93. The van der Waals surface area contributed by atoms with Crippen LogP contribution >= 0.6 is 0 Å². The molecule has 1 amide bonds. The first-order valence-electron chi connectivity index (χ1n) is 5.74. The van der Waals surface area contributed by atoms with Crippen molar-refractivity contribution < 1.29 is 9.53 Å². The first-order valence-corrected chi connectivity index (χ1v) is 5.74. The molecule has 0 bridgehead atoms. The van der Waals surface area contributed by atoms with E-state index in [-0.39, 0.29) is 18.3 Å². The maximum Gasteiger partial charge on any atom is 0.323 e. The van der Waals surface area contributed by atoms with Crippen molar-refractivity contribution in [1.29, 1.82) is 0 Å². The van der Waals surface area contributed by atoms with Crippen molar-refractivity contribution in [2.45, 2.75) is 19.8 Å². The summed E-state index contributed by atoms with van der Waals surface area (Å²) < 4.78 is 5.33. The second-order valence-electron chi connectivity index (χ2n) is 3.51. The summed E-state index contributed by atoms with van der Waals surface area (Å²) in [7, 11) is 1.70. The molecule has 0 saturated carbocycles. The second-order valence-corrected chi connectivity index (χ2v) is 3.51. The Morgan fingerprint density at radius 1 is 1.33 bits per heavy atom. The van der Waals surface area contributed by atoms with E-state index >= 15 is 0 Å². The zero-order valence-electron chi connectivity index (χ0n) is 10.6. The van der Waals surface area contributed by atoms with Crippen LogP contribution in [0, 0.1) is 0 Å². The van der Waals surface area contributed by atoms with Crippen LogP contribution in [0.4, 0.5) is 11.9 Å². The summed E-state index contributed by atoms with van der Waals surface area (Å²) >= 11 is 0. The zero-order chi connectivity index (χ0) is 13.4. The minimum absolute atomic E-state index is 0.214. The van der Waals surface area contributed by atoms with Crippen molar-refractivity contribution in [2.24, 2.45) is 5.73 Å². The average Bonchev–Trinajstić information content (AvgIpc) is 2.35. The molecule has 0 spiro atoms. The quantitative estimate of drug-likeness (QED) is 0.597. The normalized spacial score (nSPS) is 9.89. The Morgan fingerprint density at radius 3 is 2.67 bits per heavy atom. The fraction of sp³-hybridized carbons (Fsp3) is 0.600. The molecule has 1 aromatic heterocycles. The van der Waals surface area contributed by atoms with Crippen LogP contribution in [0.5, 0.6) is 6.01 Å². The zero-order valence-corrected chi connectivity index (χ0v) is 10.6. The average molecular weight is 254 g/mol. The van der Waals surface area contributed by atoms with Crippen LogP contribution in [0.15, 0.2) is 0 Å². The lowest BCUT2D eigenvalue weighted by atomic mass is 10.4. The Morgan fingerprint density at radius 2 is 2.06 bits per heavy atom. The van der Waals surface area contributed by atoms with E-state index in [4.69, 9.17) is 10.5 Å². The van der Waals surface area contributed by atoms with Gasteiger partial charge in [0, 0.05) is 20.0 Å². The third-order valence-corrected chi connectivity index (χ3v) is 1.93. The smallest absolute Gasteiger partial charge is 0.323 e. The molecule has 0 aliphatic carbocycles. The molecule has 0 radical (unpaired) electrons. The fourth-order valence-corrected chi connectivity index (χ4v) is 1.10. The van der Waals surface area contributed by atoms with Crippen LogP contribution in [0.1, 0.15) is 19.8 Å². The maximum absolute atomic E-state index is 10.6. The third kappa shape index (κ3) is 4.81. The Labute approximate surface area is 105 Å². The van der Waals surface area contributed by atoms with Gasteiger partial charge in [-0.3, -0.25) is 4.79 Å². The highest BCUT2D eigenvalue weighted by atomic mass is 16.5. The molecule has 0 saturated heterocycles. The van der Waals surface area contributed by atoms with E-state index in [0.717, 1.165) is 6.42 Å². The largest absolute Gasteiger partial charge is 0.463 e. The van der Waals surface area contributed by atoms with Gasteiger partial charge in [0.1, 0.15) is 0 Å². The van der Waals surface area contributed by atoms with Crippen molar-refractivity contribution >= 4 is 17.8 Å². The van der Waals surface area contributed by atoms with Crippen molar-refractivity contribution in [2.75, 3.05) is 30.8 Å². The Kier molecular flexibility index (Phi) is 5.62. The SMILES string of the molecule is CCCOc1nc(NC)nc(NCCC(N)=O)n1. The van der Waals surface area contributed by atoms with E-state index < -0.39 is 0 Å². The van der Waals surface area contributed by atoms with E-state index in [9.17, 15) is 4.79 Å². The first kappa shape index (κ1) is 13.9. The summed E-state index contributed by atoms with van der Waals surface area (Å²) in [4.78, 5) is 22.8. The Hall–Kier alpha value is -2.12. The van der Waals surface area contributed by atoms with Gasteiger partial charge in [-0.25, -0.2) is 0 Å². The van der Waals surface area contributed by atoms with Gasteiger partial charge < -0.3 is 21.1 Å². The second kappa shape index (κ2) is 7.25. The summed E-state index contributed by atoms with van der Waals surface area (Å²) in [5.41, 5.74) is 5.04. The molecule has 18 heavy (non-hydrogen) atoms. The van der Waals surface area contributed by atoms with Gasteiger partial charge in [-0.2, -0.15) is 15.0 Å². The molecule has 0 aliphatic heterocycles. The van der Waals surface area contributed by atoms with Gasteiger partial charge in [0.05, 0.1) is 6.61 Å². The Balaban J connectivity index is 2.67. The lowest BCUT2D eigenvalue weighted by Crippen LogP contribution is -2.17. The van der Waals surface area contributed by atoms with E-state index in [2.05, 4.69) is 25.6 Å². The number of nitrogens with two attached hydrogens (primary N) is 1. The number of nitrogens with one attached hydrogen (secondary N) is 2. The molecule has 1 rings (SSSR count). The number of carbonyl (C=O) groups excluding carboxylic acids is 1. The van der Waals surface area contributed by atoms with Crippen LogP contribution in [0.25, 0.3) is 0 Å². The minimum Gasteiger partial charge on any atom is -0.463 e. The van der Waals surface area contributed by atoms with E-state index in [1.165, 1.54) is 0 Å². The summed E-state index contributed by atoms with van der Waals surface area (Å²) in [6.07, 6.45) is 1.08. The molecule has 8 nitrogen and oxygen atoms in total. The molecular weight excluding hydrogens is 236 g/mol. The van der Waals surface area contributed by atoms with Gasteiger partial charge in [0.25, 0.3) is 0 Å². The molecule has 0 aliphatic rings. The first-order chi connectivity index (χ1) is 8.65. The van der Waals surface area contributed by atoms with E-state index in [1.54, 1.807) is 7.05 Å². The highest BCUT2D eigenvalue weighted by Crippen LogP contribution is 2.10. The highest BCUT2D eigenvalue weighted by molar-refractivity contribution is 5.74.